The van der Waals surface area contributed by atoms with Crippen LogP contribution in [-0.2, 0) is 13.3 Å². The molecule has 0 spiro atoms. The molecule has 9 nitrogen and oxygen atoms in total. The first-order valence-electron chi connectivity index (χ1n) is 10.2. The predicted octanol–water partition coefficient (Wildman–Crippen LogP) is 4.40. The van der Waals surface area contributed by atoms with Crippen molar-refractivity contribution in [1.29, 1.82) is 0 Å². The van der Waals surface area contributed by atoms with Gasteiger partial charge in [0.1, 0.15) is 11.4 Å². The maximum Gasteiger partial charge on any atom is 0.276 e. The van der Waals surface area contributed by atoms with Crippen molar-refractivity contribution >= 4 is 39.1 Å². The largest absolute Gasteiger partial charge is 0.471 e. The molecule has 10 heteroatoms. The number of benzene rings is 2. The number of aryl methyl sites for hydroxylation is 1. The molecule has 0 fully saturated rings. The van der Waals surface area contributed by atoms with E-state index in [-0.39, 0.29) is 24.2 Å². The lowest BCUT2D eigenvalue weighted by Gasteiger charge is -2.09. The van der Waals surface area contributed by atoms with Crippen LogP contribution in [0, 0.1) is 0 Å². The Hall–Kier alpha value is -3.92. The Morgan fingerprint density at radius 1 is 1.00 bits per heavy atom. The van der Waals surface area contributed by atoms with Crippen molar-refractivity contribution in [2.45, 2.75) is 20.2 Å². The standard InChI is InChI=1S/C23H21BrN6O3/c1-2-30-21(10-12-25-30)23(32)27-18-5-3-4-17(14-18)26-22(31)20-11-13-29(28-20)15-33-19-8-6-16(24)7-9-19/h3-14H,2,15H2,1H3,(H,26,31)(H,27,32). The molecule has 0 bridgehead atoms. The van der Waals surface area contributed by atoms with Crippen LogP contribution in [0.5, 0.6) is 5.75 Å². The second-order valence-electron chi connectivity index (χ2n) is 6.99. The highest BCUT2D eigenvalue weighted by Gasteiger charge is 2.13. The van der Waals surface area contributed by atoms with Gasteiger partial charge in [0.15, 0.2) is 12.4 Å². The van der Waals surface area contributed by atoms with E-state index in [0.717, 1.165) is 4.47 Å². The Bertz CT molecular complexity index is 1270. The number of amides is 2. The van der Waals surface area contributed by atoms with Crippen LogP contribution < -0.4 is 15.4 Å². The van der Waals surface area contributed by atoms with Crippen LogP contribution in [0.25, 0.3) is 0 Å². The molecule has 2 amide bonds. The Morgan fingerprint density at radius 2 is 1.73 bits per heavy atom. The quantitative estimate of drug-likeness (QED) is 0.367. The fourth-order valence-electron chi connectivity index (χ4n) is 3.07. The van der Waals surface area contributed by atoms with Crippen molar-refractivity contribution in [2.75, 3.05) is 10.6 Å². The van der Waals surface area contributed by atoms with Crippen molar-refractivity contribution in [1.82, 2.24) is 19.6 Å². The Kier molecular flexibility index (Phi) is 6.84. The summed E-state index contributed by atoms with van der Waals surface area (Å²) in [5.74, 6) is 0.0489. The third-order valence-corrected chi connectivity index (χ3v) is 5.21. The third-order valence-electron chi connectivity index (χ3n) is 4.68. The molecule has 2 N–H and O–H groups in total. The first-order chi connectivity index (χ1) is 16.0. The van der Waals surface area contributed by atoms with Crippen LogP contribution in [0.4, 0.5) is 11.4 Å². The zero-order chi connectivity index (χ0) is 23.2. The monoisotopic (exact) mass is 508 g/mol. The molecule has 4 aromatic rings. The van der Waals surface area contributed by atoms with Gasteiger partial charge in [-0.05, 0) is 61.5 Å². The van der Waals surface area contributed by atoms with Gasteiger partial charge in [-0.15, -0.1) is 0 Å². The summed E-state index contributed by atoms with van der Waals surface area (Å²) in [5.41, 5.74) is 1.79. The molecule has 2 aromatic carbocycles. The average Bonchev–Trinajstić information content (AvgIpc) is 3.49. The molecule has 0 aliphatic rings. The summed E-state index contributed by atoms with van der Waals surface area (Å²) in [6, 6.07) is 17.6. The smallest absolute Gasteiger partial charge is 0.276 e. The number of carbonyl (C=O) groups is 2. The summed E-state index contributed by atoms with van der Waals surface area (Å²) in [6.07, 6.45) is 3.25. The topological polar surface area (TPSA) is 103 Å². The number of aromatic nitrogens is 4. The molecule has 0 atom stereocenters. The molecular formula is C23H21BrN6O3. The molecule has 2 heterocycles. The Morgan fingerprint density at radius 3 is 2.45 bits per heavy atom. The highest BCUT2D eigenvalue weighted by molar-refractivity contribution is 9.10. The van der Waals surface area contributed by atoms with E-state index >= 15 is 0 Å². The van der Waals surface area contributed by atoms with E-state index in [1.54, 1.807) is 53.5 Å². The summed E-state index contributed by atoms with van der Waals surface area (Å²) in [7, 11) is 0. The summed E-state index contributed by atoms with van der Waals surface area (Å²) >= 11 is 3.38. The zero-order valence-corrected chi connectivity index (χ0v) is 19.3. The maximum atomic E-state index is 12.6. The first-order valence-corrected chi connectivity index (χ1v) is 11.0. The van der Waals surface area contributed by atoms with E-state index in [0.29, 0.717) is 29.4 Å². The highest BCUT2D eigenvalue weighted by Crippen LogP contribution is 2.18. The number of hydrogen-bond donors (Lipinski definition) is 2. The number of halogens is 1. The van der Waals surface area contributed by atoms with Crippen molar-refractivity contribution < 1.29 is 14.3 Å². The van der Waals surface area contributed by atoms with E-state index in [1.165, 1.54) is 4.68 Å². The van der Waals surface area contributed by atoms with Crippen LogP contribution >= 0.6 is 15.9 Å². The van der Waals surface area contributed by atoms with E-state index in [9.17, 15) is 9.59 Å². The van der Waals surface area contributed by atoms with Gasteiger partial charge in [-0.3, -0.25) is 14.3 Å². The van der Waals surface area contributed by atoms with Gasteiger partial charge in [-0.25, -0.2) is 4.68 Å². The molecular weight excluding hydrogens is 488 g/mol. The number of nitrogens with one attached hydrogen (secondary N) is 2. The Balaban J connectivity index is 1.36. The summed E-state index contributed by atoms with van der Waals surface area (Å²) in [6.45, 7) is 2.67. The van der Waals surface area contributed by atoms with Gasteiger partial charge >= 0.3 is 0 Å². The summed E-state index contributed by atoms with van der Waals surface area (Å²) in [5, 5.41) is 14.0. The zero-order valence-electron chi connectivity index (χ0n) is 17.7. The lowest BCUT2D eigenvalue weighted by molar-refractivity contribution is 0.101. The molecule has 0 aliphatic heterocycles. The number of ether oxygens (including phenoxy) is 1. The van der Waals surface area contributed by atoms with Crippen molar-refractivity contribution in [3.63, 3.8) is 0 Å². The van der Waals surface area contributed by atoms with Gasteiger partial charge in [-0.2, -0.15) is 10.2 Å². The van der Waals surface area contributed by atoms with E-state index < -0.39 is 0 Å². The second kappa shape index (κ2) is 10.1. The van der Waals surface area contributed by atoms with E-state index in [2.05, 4.69) is 36.8 Å². The minimum absolute atomic E-state index is 0.171. The Labute approximate surface area is 198 Å². The van der Waals surface area contributed by atoms with Crippen LogP contribution in [0.1, 0.15) is 27.9 Å². The number of hydrogen-bond acceptors (Lipinski definition) is 5. The number of nitrogens with zero attached hydrogens (tertiary/aromatic N) is 4. The van der Waals surface area contributed by atoms with Gasteiger partial charge in [0, 0.05) is 34.8 Å². The number of rotatable bonds is 8. The second-order valence-corrected chi connectivity index (χ2v) is 7.90. The van der Waals surface area contributed by atoms with Crippen molar-refractivity contribution in [2.24, 2.45) is 0 Å². The van der Waals surface area contributed by atoms with Crippen molar-refractivity contribution in [3.05, 3.63) is 88.9 Å². The fourth-order valence-corrected chi connectivity index (χ4v) is 3.33. The number of anilines is 2. The molecule has 4 rings (SSSR count). The minimum Gasteiger partial charge on any atom is -0.471 e. The van der Waals surface area contributed by atoms with Gasteiger partial charge in [0.2, 0.25) is 0 Å². The molecule has 0 radical (unpaired) electrons. The van der Waals surface area contributed by atoms with E-state index in [1.807, 2.05) is 31.2 Å². The van der Waals surface area contributed by atoms with Crippen LogP contribution in [-0.4, -0.2) is 31.4 Å². The normalized spacial score (nSPS) is 10.6. The third kappa shape index (κ3) is 5.66. The number of carbonyl (C=O) groups excluding carboxylic acids is 2. The average molecular weight is 509 g/mol. The molecule has 0 aliphatic carbocycles. The molecule has 0 saturated carbocycles. The highest BCUT2D eigenvalue weighted by atomic mass is 79.9. The lowest BCUT2D eigenvalue weighted by atomic mass is 10.2. The molecule has 0 unspecified atom stereocenters. The van der Waals surface area contributed by atoms with Gasteiger partial charge in [0.05, 0.1) is 0 Å². The fraction of sp³-hybridized carbons (Fsp3) is 0.130. The molecule has 2 aromatic heterocycles. The van der Waals surface area contributed by atoms with Crippen LogP contribution in [0.15, 0.2) is 77.5 Å². The van der Waals surface area contributed by atoms with Gasteiger partial charge < -0.3 is 15.4 Å². The molecule has 0 saturated heterocycles. The molecule has 33 heavy (non-hydrogen) atoms. The molecule has 168 valence electrons. The summed E-state index contributed by atoms with van der Waals surface area (Å²) < 4.78 is 9.76. The first kappa shape index (κ1) is 22.3. The predicted molar refractivity (Wildman–Crippen MR) is 127 cm³/mol. The maximum absolute atomic E-state index is 12.6. The van der Waals surface area contributed by atoms with Crippen molar-refractivity contribution in [3.8, 4) is 5.75 Å². The van der Waals surface area contributed by atoms with E-state index in [4.69, 9.17) is 4.74 Å². The van der Waals surface area contributed by atoms with Gasteiger partial charge in [0.25, 0.3) is 11.8 Å². The SMILES string of the molecule is CCn1nccc1C(=O)Nc1cccc(NC(=O)c2ccn(COc3ccc(Br)cc3)n2)c1. The van der Waals surface area contributed by atoms with Crippen LogP contribution in [0.2, 0.25) is 0 Å². The summed E-state index contributed by atoms with van der Waals surface area (Å²) in [4.78, 5) is 25.1. The minimum atomic E-state index is -0.370. The van der Waals surface area contributed by atoms with Crippen LogP contribution in [0.3, 0.4) is 0 Å². The van der Waals surface area contributed by atoms with Gasteiger partial charge in [-0.1, -0.05) is 22.0 Å². The lowest BCUT2D eigenvalue weighted by Crippen LogP contribution is -2.18.